The molecule has 0 spiro atoms. The van der Waals surface area contributed by atoms with Crippen molar-refractivity contribution >= 4 is 21.6 Å². The second kappa shape index (κ2) is 4.39. The first kappa shape index (κ1) is 12.9. The maximum atomic E-state index is 10.7. The lowest BCUT2D eigenvalue weighted by Crippen LogP contribution is -2.34. The van der Waals surface area contributed by atoms with Gasteiger partial charge in [0.05, 0.1) is 9.40 Å². The van der Waals surface area contributed by atoms with Crippen molar-refractivity contribution in [2.45, 2.75) is 25.8 Å². The predicted octanol–water partition coefficient (Wildman–Crippen LogP) is 2.34. The summed E-state index contributed by atoms with van der Waals surface area (Å²) in [7, 11) is 0. The molecule has 0 bridgehead atoms. The average Bonchev–Trinajstić information content (AvgIpc) is 2.07. The van der Waals surface area contributed by atoms with Gasteiger partial charge in [0.25, 0.3) is 0 Å². The summed E-state index contributed by atoms with van der Waals surface area (Å²) in [4.78, 5) is 10.1. The molecular weight excluding hydrogens is 276 g/mol. The highest BCUT2D eigenvalue weighted by molar-refractivity contribution is 9.10. The molecule has 5 nitrogen and oxygen atoms in total. The molecule has 1 aromatic rings. The fourth-order valence-corrected chi connectivity index (χ4v) is 1.90. The minimum atomic E-state index is -0.618. The van der Waals surface area contributed by atoms with E-state index in [0.29, 0.717) is 16.5 Å². The molecule has 0 fully saturated rings. The molecule has 0 aliphatic carbocycles. The van der Waals surface area contributed by atoms with Crippen LogP contribution < -0.4 is 5.73 Å². The highest BCUT2D eigenvalue weighted by Gasteiger charge is 2.20. The number of nitro groups is 1. The van der Waals surface area contributed by atoms with Gasteiger partial charge in [-0.2, -0.15) is 0 Å². The molecule has 1 rings (SSSR count). The van der Waals surface area contributed by atoms with Crippen LogP contribution in [-0.4, -0.2) is 15.6 Å². The summed E-state index contributed by atoms with van der Waals surface area (Å²) in [6.45, 7) is 3.67. The van der Waals surface area contributed by atoms with Crippen molar-refractivity contribution < 1.29 is 10.0 Å². The predicted molar refractivity (Wildman–Crippen MR) is 64.4 cm³/mol. The van der Waals surface area contributed by atoms with Gasteiger partial charge in [-0.1, -0.05) is 0 Å². The topological polar surface area (TPSA) is 89.4 Å². The molecule has 1 aromatic carbocycles. The molecule has 88 valence electrons. The highest BCUT2D eigenvalue weighted by atomic mass is 79.9. The van der Waals surface area contributed by atoms with Crippen molar-refractivity contribution in [3.63, 3.8) is 0 Å². The molecule has 3 N–H and O–H groups in total. The Bertz CT molecular complexity index is 427. The van der Waals surface area contributed by atoms with E-state index < -0.39 is 10.5 Å². The third-order valence-electron chi connectivity index (χ3n) is 1.96. The van der Waals surface area contributed by atoms with Gasteiger partial charge in [-0.25, -0.2) is 0 Å². The Hall–Kier alpha value is -1.14. The summed E-state index contributed by atoms with van der Waals surface area (Å²) in [5.41, 5.74) is 5.78. The highest BCUT2D eigenvalue weighted by Crippen LogP contribution is 2.35. The number of nitro benzene ring substituents is 1. The first-order chi connectivity index (χ1) is 7.20. The van der Waals surface area contributed by atoms with Crippen molar-refractivity contribution in [2.24, 2.45) is 5.73 Å². The van der Waals surface area contributed by atoms with Gasteiger partial charge in [-0.3, -0.25) is 10.1 Å². The number of hydrogen-bond donors (Lipinski definition) is 2. The van der Waals surface area contributed by atoms with Gasteiger partial charge in [0.15, 0.2) is 0 Å². The van der Waals surface area contributed by atoms with Gasteiger partial charge < -0.3 is 10.8 Å². The van der Waals surface area contributed by atoms with Crippen LogP contribution in [0, 0.1) is 10.1 Å². The smallest absolute Gasteiger partial charge is 0.312 e. The molecule has 0 heterocycles. The number of phenols is 1. The lowest BCUT2D eigenvalue weighted by molar-refractivity contribution is -0.386. The summed E-state index contributed by atoms with van der Waals surface area (Å²) in [5.74, 6) is -0.358. The normalized spacial score (nSPS) is 11.5. The van der Waals surface area contributed by atoms with E-state index in [4.69, 9.17) is 5.73 Å². The van der Waals surface area contributed by atoms with Gasteiger partial charge in [-0.05, 0) is 47.8 Å². The summed E-state index contributed by atoms with van der Waals surface area (Å²) < 4.78 is 0.306. The summed E-state index contributed by atoms with van der Waals surface area (Å²) in [5, 5.41) is 20.2. The summed E-state index contributed by atoms with van der Waals surface area (Å²) >= 11 is 3.08. The molecule has 0 saturated carbocycles. The molecule has 16 heavy (non-hydrogen) atoms. The van der Waals surface area contributed by atoms with Crippen LogP contribution in [0.3, 0.4) is 0 Å². The van der Waals surface area contributed by atoms with Crippen molar-refractivity contribution in [1.29, 1.82) is 0 Å². The van der Waals surface area contributed by atoms with Crippen LogP contribution in [-0.2, 0) is 6.42 Å². The number of nitrogens with two attached hydrogens (primary N) is 1. The van der Waals surface area contributed by atoms with Crippen molar-refractivity contribution in [3.8, 4) is 5.75 Å². The molecule has 0 radical (unpaired) electrons. The Morgan fingerprint density at radius 2 is 2.12 bits per heavy atom. The van der Waals surface area contributed by atoms with E-state index in [1.54, 1.807) is 6.07 Å². The fraction of sp³-hybridized carbons (Fsp3) is 0.400. The fourth-order valence-electron chi connectivity index (χ4n) is 1.41. The van der Waals surface area contributed by atoms with Crippen LogP contribution in [0.25, 0.3) is 0 Å². The lowest BCUT2D eigenvalue weighted by Gasteiger charge is -2.18. The van der Waals surface area contributed by atoms with Crippen molar-refractivity contribution in [1.82, 2.24) is 0 Å². The number of hydrogen-bond acceptors (Lipinski definition) is 4. The van der Waals surface area contributed by atoms with Crippen LogP contribution in [0.2, 0.25) is 0 Å². The van der Waals surface area contributed by atoms with Gasteiger partial charge >= 0.3 is 5.69 Å². The zero-order chi connectivity index (χ0) is 12.5. The number of aromatic hydroxyl groups is 1. The SMILES string of the molecule is CC(C)(N)Cc1cc(Br)c(O)c([N+](=O)[O-])c1. The van der Waals surface area contributed by atoms with Crippen LogP contribution in [0.1, 0.15) is 19.4 Å². The molecule has 0 aliphatic heterocycles. The minimum absolute atomic E-state index is 0.306. The summed E-state index contributed by atoms with van der Waals surface area (Å²) in [6, 6.07) is 2.98. The molecule has 0 saturated heterocycles. The lowest BCUT2D eigenvalue weighted by atomic mass is 9.96. The number of rotatable bonds is 3. The van der Waals surface area contributed by atoms with Crippen LogP contribution in [0.4, 0.5) is 5.69 Å². The second-order valence-corrected chi connectivity index (χ2v) is 5.22. The quantitative estimate of drug-likeness (QED) is 0.660. The number of halogens is 1. The van der Waals surface area contributed by atoms with Crippen LogP contribution in [0.5, 0.6) is 5.75 Å². The Kier molecular flexibility index (Phi) is 3.54. The zero-order valence-corrected chi connectivity index (χ0v) is 10.6. The molecule has 0 atom stereocenters. The third-order valence-corrected chi connectivity index (χ3v) is 2.56. The van der Waals surface area contributed by atoms with Gasteiger partial charge in [0.2, 0.25) is 5.75 Å². The number of benzene rings is 1. The first-order valence-corrected chi connectivity index (χ1v) is 5.44. The Balaban J connectivity index is 3.19. The van der Waals surface area contributed by atoms with Crippen molar-refractivity contribution in [3.05, 3.63) is 32.3 Å². The Morgan fingerprint density at radius 1 is 1.56 bits per heavy atom. The second-order valence-electron chi connectivity index (χ2n) is 4.37. The van der Waals surface area contributed by atoms with Crippen molar-refractivity contribution in [2.75, 3.05) is 0 Å². The maximum absolute atomic E-state index is 10.7. The van der Waals surface area contributed by atoms with Gasteiger partial charge in [0, 0.05) is 11.6 Å². The molecular formula is C10H13BrN2O3. The molecule has 0 aromatic heterocycles. The van der Waals surface area contributed by atoms with E-state index in [0.717, 1.165) is 0 Å². The monoisotopic (exact) mass is 288 g/mol. The maximum Gasteiger partial charge on any atom is 0.312 e. The first-order valence-electron chi connectivity index (χ1n) is 4.65. The number of phenolic OH excluding ortho intramolecular Hbond substituents is 1. The number of nitrogens with zero attached hydrogens (tertiary/aromatic N) is 1. The molecule has 6 heteroatoms. The van der Waals surface area contributed by atoms with Crippen LogP contribution in [0.15, 0.2) is 16.6 Å². The van der Waals surface area contributed by atoms with Gasteiger partial charge in [0.1, 0.15) is 0 Å². The zero-order valence-electron chi connectivity index (χ0n) is 9.03. The summed E-state index contributed by atoms with van der Waals surface area (Å²) in [6.07, 6.45) is 0.493. The van der Waals surface area contributed by atoms with Gasteiger partial charge in [-0.15, -0.1) is 0 Å². The van der Waals surface area contributed by atoms with E-state index in [2.05, 4.69) is 15.9 Å². The molecule has 0 unspecified atom stereocenters. The van der Waals surface area contributed by atoms with E-state index in [-0.39, 0.29) is 11.4 Å². The largest absolute Gasteiger partial charge is 0.501 e. The average molecular weight is 289 g/mol. The third kappa shape index (κ3) is 3.18. The Morgan fingerprint density at radius 3 is 2.56 bits per heavy atom. The van der Waals surface area contributed by atoms with E-state index in [1.165, 1.54) is 6.07 Å². The molecule has 0 amide bonds. The van der Waals surface area contributed by atoms with E-state index in [9.17, 15) is 15.2 Å². The van der Waals surface area contributed by atoms with E-state index >= 15 is 0 Å². The van der Waals surface area contributed by atoms with Crippen LogP contribution >= 0.6 is 15.9 Å². The molecule has 0 aliphatic rings. The minimum Gasteiger partial charge on any atom is -0.501 e. The van der Waals surface area contributed by atoms with E-state index in [1.807, 2.05) is 13.8 Å². The standard InChI is InChI=1S/C10H13BrN2O3/c1-10(2,12)5-6-3-7(11)9(14)8(4-6)13(15)16/h3-4,14H,5,12H2,1-2H3. The Labute approximate surface area is 102 Å².